The first kappa shape index (κ1) is 30.7. The normalized spacial score (nSPS) is 17.3. The van der Waals surface area contributed by atoms with Crippen LogP contribution >= 0.6 is 0 Å². The maximum absolute atomic E-state index is 6.80. The summed E-state index contributed by atoms with van der Waals surface area (Å²) in [7, 11) is 0. The van der Waals surface area contributed by atoms with Crippen molar-refractivity contribution in [1.82, 2.24) is 15.0 Å². The van der Waals surface area contributed by atoms with E-state index in [-0.39, 0.29) is 11.8 Å². The van der Waals surface area contributed by atoms with Crippen LogP contribution in [-0.4, -0.2) is 15.0 Å². The summed E-state index contributed by atoms with van der Waals surface area (Å²) in [6, 6.07) is 38.1. The Morgan fingerprint density at radius 2 is 1.47 bits per heavy atom. The first-order valence-corrected chi connectivity index (χ1v) is 17.5. The Balaban J connectivity index is 1.33. The first-order chi connectivity index (χ1) is 25.2. The van der Waals surface area contributed by atoms with Gasteiger partial charge in [-0.3, -0.25) is 0 Å². The van der Waals surface area contributed by atoms with Crippen molar-refractivity contribution in [3.8, 4) is 22.8 Å². The molecule has 5 aromatic carbocycles. The van der Waals surface area contributed by atoms with Crippen LogP contribution in [0.25, 0.3) is 66.6 Å². The van der Waals surface area contributed by atoms with Crippen LogP contribution in [0.2, 0.25) is 0 Å². The Morgan fingerprint density at radius 1 is 0.686 bits per heavy atom. The van der Waals surface area contributed by atoms with Crippen molar-refractivity contribution in [2.75, 3.05) is 0 Å². The molecule has 0 fully saturated rings. The van der Waals surface area contributed by atoms with E-state index in [2.05, 4.69) is 115 Å². The molecule has 2 heterocycles. The highest BCUT2D eigenvalue weighted by atomic mass is 16.3. The Kier molecular flexibility index (Phi) is 7.70. The van der Waals surface area contributed by atoms with Crippen LogP contribution < -0.4 is 0 Å². The molecule has 51 heavy (non-hydrogen) atoms. The molecule has 0 saturated heterocycles. The minimum Gasteiger partial charge on any atom is -0.455 e. The van der Waals surface area contributed by atoms with Crippen molar-refractivity contribution >= 4 is 43.9 Å². The van der Waals surface area contributed by atoms with Gasteiger partial charge >= 0.3 is 0 Å². The molecule has 0 N–H and O–H groups in total. The third-order valence-electron chi connectivity index (χ3n) is 9.99. The van der Waals surface area contributed by atoms with E-state index in [4.69, 9.17) is 19.4 Å². The molecule has 2 aromatic heterocycles. The highest BCUT2D eigenvalue weighted by molar-refractivity contribution is 6.21. The summed E-state index contributed by atoms with van der Waals surface area (Å²) < 4.78 is 6.80. The van der Waals surface area contributed by atoms with Gasteiger partial charge in [0.2, 0.25) is 0 Å². The predicted octanol–water partition coefficient (Wildman–Crippen LogP) is 12.1. The molecule has 2 aliphatic rings. The Labute approximate surface area is 297 Å². The molecule has 9 rings (SSSR count). The quantitative estimate of drug-likeness (QED) is 0.167. The average molecular weight is 658 g/mol. The lowest BCUT2D eigenvalue weighted by molar-refractivity contribution is 0.669. The van der Waals surface area contributed by atoms with E-state index in [1.54, 1.807) is 0 Å². The van der Waals surface area contributed by atoms with Crippen molar-refractivity contribution in [3.05, 3.63) is 186 Å². The molecule has 7 aromatic rings. The lowest BCUT2D eigenvalue weighted by atomic mass is 9.73. The average Bonchev–Trinajstić information content (AvgIpc) is 3.59. The number of nitrogens with zero attached hydrogens (tertiary/aromatic N) is 3. The van der Waals surface area contributed by atoms with Crippen molar-refractivity contribution < 1.29 is 4.42 Å². The molecular formula is C47H35N3O. The molecule has 2 unspecified atom stereocenters. The van der Waals surface area contributed by atoms with Crippen molar-refractivity contribution in [3.63, 3.8) is 0 Å². The van der Waals surface area contributed by atoms with Crippen molar-refractivity contribution in [2.24, 2.45) is 5.92 Å². The topological polar surface area (TPSA) is 51.8 Å². The highest BCUT2D eigenvalue weighted by Crippen LogP contribution is 2.46. The maximum atomic E-state index is 6.80. The fraction of sp³-hybridized carbons (Fsp3) is 0.0851. The minimum absolute atomic E-state index is 0.214. The van der Waals surface area contributed by atoms with Gasteiger partial charge in [0.25, 0.3) is 0 Å². The lowest BCUT2D eigenvalue weighted by Gasteiger charge is -2.31. The number of rotatable bonds is 6. The van der Waals surface area contributed by atoms with E-state index < -0.39 is 0 Å². The van der Waals surface area contributed by atoms with E-state index in [9.17, 15) is 0 Å². The van der Waals surface area contributed by atoms with Gasteiger partial charge in [-0.25, -0.2) is 15.0 Å². The van der Waals surface area contributed by atoms with Gasteiger partial charge < -0.3 is 4.42 Å². The van der Waals surface area contributed by atoms with E-state index in [1.165, 1.54) is 22.1 Å². The van der Waals surface area contributed by atoms with Crippen LogP contribution in [0.15, 0.2) is 174 Å². The number of hydrogen-bond acceptors (Lipinski definition) is 4. The fourth-order valence-corrected chi connectivity index (χ4v) is 7.49. The summed E-state index contributed by atoms with van der Waals surface area (Å²) in [5, 5.41) is 4.46. The van der Waals surface area contributed by atoms with Gasteiger partial charge in [0.15, 0.2) is 17.5 Å². The largest absolute Gasteiger partial charge is 0.455 e. The van der Waals surface area contributed by atoms with Crippen LogP contribution in [0.3, 0.4) is 0 Å². The van der Waals surface area contributed by atoms with Gasteiger partial charge in [-0.05, 0) is 70.7 Å². The van der Waals surface area contributed by atoms with E-state index in [1.807, 2.05) is 62.4 Å². The number of fused-ring (bicyclic) bond motifs is 6. The molecule has 0 radical (unpaired) electrons. The van der Waals surface area contributed by atoms with Gasteiger partial charge in [0.05, 0.1) is 5.56 Å². The van der Waals surface area contributed by atoms with Gasteiger partial charge in [0.1, 0.15) is 11.2 Å². The van der Waals surface area contributed by atoms with Gasteiger partial charge in [-0.15, -0.1) is 0 Å². The highest BCUT2D eigenvalue weighted by Gasteiger charge is 2.29. The number of aromatic nitrogens is 3. The van der Waals surface area contributed by atoms with Crippen LogP contribution in [0.5, 0.6) is 0 Å². The molecule has 0 aliphatic heterocycles. The van der Waals surface area contributed by atoms with Crippen LogP contribution in [-0.2, 0) is 0 Å². The predicted molar refractivity (Wildman–Crippen MR) is 211 cm³/mol. The number of hydrogen-bond donors (Lipinski definition) is 0. The third kappa shape index (κ3) is 5.46. The molecule has 2 aliphatic carbocycles. The number of benzene rings is 5. The fourth-order valence-electron chi connectivity index (χ4n) is 7.49. The Hall–Kier alpha value is -6.39. The van der Waals surface area contributed by atoms with Crippen LogP contribution in [0.4, 0.5) is 0 Å². The Morgan fingerprint density at radius 3 is 2.31 bits per heavy atom. The Bertz CT molecular complexity index is 2650. The zero-order chi connectivity index (χ0) is 34.3. The summed E-state index contributed by atoms with van der Waals surface area (Å²) in [5.41, 5.74) is 9.20. The summed E-state index contributed by atoms with van der Waals surface area (Å²) in [4.78, 5) is 15.2. The lowest BCUT2D eigenvalue weighted by Crippen LogP contribution is -2.16. The molecule has 0 bridgehead atoms. The second kappa shape index (κ2) is 12.8. The summed E-state index contributed by atoms with van der Waals surface area (Å²) in [5.74, 6) is 2.29. The molecule has 0 spiro atoms. The molecule has 4 nitrogen and oxygen atoms in total. The molecule has 0 saturated carbocycles. The van der Waals surface area contributed by atoms with E-state index in [0.717, 1.165) is 49.6 Å². The van der Waals surface area contributed by atoms with Crippen molar-refractivity contribution in [1.29, 1.82) is 0 Å². The van der Waals surface area contributed by atoms with Crippen LogP contribution in [0.1, 0.15) is 36.7 Å². The number of furan rings is 1. The second-order valence-electron chi connectivity index (χ2n) is 13.1. The smallest absolute Gasteiger partial charge is 0.167 e. The molecule has 4 heteroatoms. The van der Waals surface area contributed by atoms with E-state index >= 15 is 0 Å². The summed E-state index contributed by atoms with van der Waals surface area (Å²) in [6.07, 6.45) is 19.7. The molecule has 0 amide bonds. The first-order valence-electron chi connectivity index (χ1n) is 17.5. The van der Waals surface area contributed by atoms with Gasteiger partial charge in [-0.1, -0.05) is 146 Å². The van der Waals surface area contributed by atoms with E-state index in [0.29, 0.717) is 17.5 Å². The van der Waals surface area contributed by atoms with Gasteiger partial charge in [0, 0.05) is 28.2 Å². The zero-order valence-corrected chi connectivity index (χ0v) is 28.5. The standard InChI is InChI=1S/C47H35N3O/c1-3-4-15-30(2)45-48-46(33-19-9-6-10-20-33)50-47(49-45)41-29-34(28-40-43-37-21-12-11-18-32(37)24-27-42(43)51-44(40)41)36-26-25-35(31-16-7-5-8-17-31)38-22-13-14-23-39(36)38/h3-29,35,38H,1-2H3/b4-3-,30-15+. The number of allylic oxidation sites excluding steroid dienone is 12. The monoisotopic (exact) mass is 657 g/mol. The minimum atomic E-state index is 0.214. The van der Waals surface area contributed by atoms with Crippen molar-refractivity contribution in [2.45, 2.75) is 19.8 Å². The maximum Gasteiger partial charge on any atom is 0.167 e. The van der Waals surface area contributed by atoms with Crippen LogP contribution in [0, 0.1) is 5.92 Å². The zero-order valence-electron chi connectivity index (χ0n) is 28.5. The SMILES string of the molecule is C/C=C\C=C(/C)c1nc(-c2ccccc2)nc(-c2cc(C3=C4C=CC=CC4C(c4ccccc4)C=C3)cc3c2oc2ccc4ccccc4c23)n1. The molecule has 2 atom stereocenters. The summed E-state index contributed by atoms with van der Waals surface area (Å²) in [6.45, 7) is 4.05. The molecular weight excluding hydrogens is 623 g/mol. The summed E-state index contributed by atoms with van der Waals surface area (Å²) >= 11 is 0. The second-order valence-corrected chi connectivity index (χ2v) is 13.1. The van der Waals surface area contributed by atoms with Gasteiger partial charge in [-0.2, -0.15) is 0 Å². The molecule has 244 valence electrons. The third-order valence-corrected chi connectivity index (χ3v) is 9.99.